The Kier molecular flexibility index (Phi) is 6.56. The number of rotatable bonds is 7. The van der Waals surface area contributed by atoms with Gasteiger partial charge < -0.3 is 18.7 Å². The third-order valence-electron chi connectivity index (χ3n) is 2.75. The van der Waals surface area contributed by atoms with Gasteiger partial charge in [-0.25, -0.2) is 0 Å². The lowest BCUT2D eigenvalue weighted by molar-refractivity contribution is 0.0359. The molecule has 102 valence electrons. The maximum Gasteiger partial charge on any atom is 0.324 e. The number of hydrogen-bond donors (Lipinski definition) is 1. The Morgan fingerprint density at radius 1 is 1.53 bits per heavy atom. The van der Waals surface area contributed by atoms with Crippen molar-refractivity contribution in [2.75, 3.05) is 13.2 Å². The zero-order valence-electron chi connectivity index (χ0n) is 10.8. The fraction of sp³-hybridized carbons (Fsp3) is 1.00. The molecule has 17 heavy (non-hydrogen) atoms. The molecule has 0 saturated carbocycles. The van der Waals surface area contributed by atoms with Crippen LogP contribution in [0.5, 0.6) is 0 Å². The van der Waals surface area contributed by atoms with Crippen molar-refractivity contribution in [3.8, 4) is 0 Å². The van der Waals surface area contributed by atoms with Gasteiger partial charge in [-0.15, -0.1) is 0 Å². The van der Waals surface area contributed by atoms with E-state index < -0.39 is 6.72 Å². The van der Waals surface area contributed by atoms with Crippen molar-refractivity contribution in [1.29, 1.82) is 0 Å². The van der Waals surface area contributed by atoms with Gasteiger partial charge >= 0.3 is 6.72 Å². The average molecular weight is 282 g/mol. The monoisotopic (exact) mass is 282 g/mol. The minimum absolute atomic E-state index is 0.0557. The molecule has 0 aromatic carbocycles. The second-order valence-electron chi connectivity index (χ2n) is 4.67. The standard InChI is InChI=1S/C11H23O4PS/c1-4-5-10-6-7-13-11(10)8-14-16(12,17)15-9(2)3/h9-11H,4-8H2,1-3H3,(H,12,17). The lowest BCUT2D eigenvalue weighted by Gasteiger charge is -2.22. The third-order valence-corrected chi connectivity index (χ3v) is 4.49. The molecule has 3 unspecified atom stereocenters. The molecule has 1 saturated heterocycles. The summed E-state index contributed by atoms with van der Waals surface area (Å²) in [4.78, 5) is 9.79. The Morgan fingerprint density at radius 2 is 2.24 bits per heavy atom. The highest BCUT2D eigenvalue weighted by atomic mass is 32.5. The average Bonchev–Trinajstić information content (AvgIpc) is 2.61. The van der Waals surface area contributed by atoms with Crippen LogP contribution >= 0.6 is 6.72 Å². The van der Waals surface area contributed by atoms with Gasteiger partial charge in [0.25, 0.3) is 0 Å². The second kappa shape index (κ2) is 7.17. The molecule has 0 aromatic rings. The second-order valence-corrected chi connectivity index (χ2v) is 7.46. The molecule has 0 amide bonds. The van der Waals surface area contributed by atoms with E-state index in [0.29, 0.717) is 12.5 Å². The summed E-state index contributed by atoms with van der Waals surface area (Å²) in [5, 5.41) is 0. The van der Waals surface area contributed by atoms with E-state index in [1.165, 1.54) is 0 Å². The van der Waals surface area contributed by atoms with Crippen molar-refractivity contribution >= 4 is 18.5 Å². The van der Waals surface area contributed by atoms with Crippen LogP contribution in [-0.4, -0.2) is 30.3 Å². The molecule has 1 aliphatic rings. The fourth-order valence-corrected chi connectivity index (χ4v) is 3.67. The molecule has 4 nitrogen and oxygen atoms in total. The topological polar surface area (TPSA) is 47.9 Å². The molecule has 1 rings (SSSR count). The highest BCUT2D eigenvalue weighted by Crippen LogP contribution is 2.45. The predicted molar refractivity (Wildman–Crippen MR) is 71.4 cm³/mol. The first kappa shape index (κ1) is 15.5. The zero-order valence-corrected chi connectivity index (χ0v) is 12.5. The van der Waals surface area contributed by atoms with Crippen molar-refractivity contribution < 1.29 is 18.7 Å². The van der Waals surface area contributed by atoms with Crippen molar-refractivity contribution in [3.63, 3.8) is 0 Å². The number of ether oxygens (including phenoxy) is 1. The van der Waals surface area contributed by atoms with Crippen molar-refractivity contribution in [2.45, 2.75) is 52.2 Å². The Balaban J connectivity index is 2.36. The highest BCUT2D eigenvalue weighted by molar-refractivity contribution is 8.07. The predicted octanol–water partition coefficient (Wildman–Crippen LogP) is 2.85. The molecule has 0 bridgehead atoms. The van der Waals surface area contributed by atoms with E-state index in [1.54, 1.807) is 0 Å². The summed E-state index contributed by atoms with van der Waals surface area (Å²) in [7, 11) is 0. The maximum absolute atomic E-state index is 9.79. The molecular formula is C11H23O4PS. The van der Waals surface area contributed by atoms with Crippen molar-refractivity contribution in [2.24, 2.45) is 5.92 Å². The van der Waals surface area contributed by atoms with Gasteiger partial charge in [0.2, 0.25) is 0 Å². The van der Waals surface area contributed by atoms with Crippen LogP contribution in [0.1, 0.15) is 40.0 Å². The highest BCUT2D eigenvalue weighted by Gasteiger charge is 2.30. The van der Waals surface area contributed by atoms with E-state index in [0.717, 1.165) is 25.9 Å². The number of hydrogen-bond acceptors (Lipinski definition) is 4. The Bertz CT molecular complexity index is 272. The summed E-state index contributed by atoms with van der Waals surface area (Å²) < 4.78 is 16.1. The van der Waals surface area contributed by atoms with E-state index in [1.807, 2.05) is 13.8 Å². The summed E-state index contributed by atoms with van der Waals surface area (Å²) in [5.41, 5.74) is 0. The quantitative estimate of drug-likeness (QED) is 0.728. The fourth-order valence-electron chi connectivity index (χ4n) is 2.04. The van der Waals surface area contributed by atoms with Crippen LogP contribution in [0, 0.1) is 5.92 Å². The first-order chi connectivity index (χ1) is 7.94. The van der Waals surface area contributed by atoms with Crippen LogP contribution in [0.25, 0.3) is 0 Å². The van der Waals surface area contributed by atoms with Crippen LogP contribution in [-0.2, 0) is 25.6 Å². The smallest absolute Gasteiger partial charge is 0.324 e. The minimum Gasteiger partial charge on any atom is -0.376 e. The minimum atomic E-state index is -3.09. The van der Waals surface area contributed by atoms with E-state index in [-0.39, 0.29) is 12.2 Å². The Labute approximate surface area is 109 Å². The van der Waals surface area contributed by atoms with Gasteiger partial charge in [0.15, 0.2) is 0 Å². The molecule has 3 atom stereocenters. The summed E-state index contributed by atoms with van der Waals surface area (Å²) in [5.74, 6) is 0.522. The van der Waals surface area contributed by atoms with Crippen molar-refractivity contribution in [3.05, 3.63) is 0 Å². The molecular weight excluding hydrogens is 259 g/mol. The van der Waals surface area contributed by atoms with E-state index in [2.05, 4.69) is 6.92 Å². The third kappa shape index (κ3) is 5.77. The van der Waals surface area contributed by atoms with Gasteiger partial charge in [0, 0.05) is 6.61 Å². The van der Waals surface area contributed by atoms with Crippen LogP contribution in [0.3, 0.4) is 0 Å². The SMILES string of the molecule is CCCC1CCOC1COP(O)(=S)OC(C)C. The summed E-state index contributed by atoms with van der Waals surface area (Å²) in [6, 6.07) is 0. The van der Waals surface area contributed by atoms with Gasteiger partial charge in [0.1, 0.15) is 0 Å². The molecule has 1 aliphatic heterocycles. The Morgan fingerprint density at radius 3 is 2.82 bits per heavy atom. The molecule has 0 radical (unpaired) electrons. The molecule has 1 N–H and O–H groups in total. The normalized spacial score (nSPS) is 28.5. The molecule has 0 spiro atoms. The van der Waals surface area contributed by atoms with Gasteiger partial charge in [-0.1, -0.05) is 13.3 Å². The summed E-state index contributed by atoms with van der Waals surface area (Å²) in [6.07, 6.45) is 3.27. The Hall–Kier alpha value is 0.490. The van der Waals surface area contributed by atoms with Gasteiger partial charge in [0.05, 0.1) is 18.8 Å². The zero-order chi connectivity index (χ0) is 12.9. The molecule has 0 aromatic heterocycles. The lowest BCUT2D eigenvalue weighted by Crippen LogP contribution is -2.22. The molecule has 6 heteroatoms. The van der Waals surface area contributed by atoms with Crippen LogP contribution < -0.4 is 0 Å². The lowest BCUT2D eigenvalue weighted by atomic mass is 9.97. The molecule has 1 heterocycles. The first-order valence-electron chi connectivity index (χ1n) is 6.22. The van der Waals surface area contributed by atoms with Gasteiger partial charge in [-0.3, -0.25) is 0 Å². The van der Waals surface area contributed by atoms with Gasteiger partial charge in [-0.05, 0) is 44.4 Å². The van der Waals surface area contributed by atoms with E-state index >= 15 is 0 Å². The van der Waals surface area contributed by atoms with Gasteiger partial charge in [-0.2, -0.15) is 0 Å². The largest absolute Gasteiger partial charge is 0.376 e. The molecule has 0 aliphatic carbocycles. The van der Waals surface area contributed by atoms with Crippen LogP contribution in [0.2, 0.25) is 0 Å². The van der Waals surface area contributed by atoms with Crippen LogP contribution in [0.15, 0.2) is 0 Å². The summed E-state index contributed by atoms with van der Waals surface area (Å²) >= 11 is 4.92. The summed E-state index contributed by atoms with van der Waals surface area (Å²) in [6.45, 7) is 3.83. The molecule has 1 fully saturated rings. The van der Waals surface area contributed by atoms with Crippen LogP contribution in [0.4, 0.5) is 0 Å². The van der Waals surface area contributed by atoms with E-state index in [4.69, 9.17) is 25.6 Å². The van der Waals surface area contributed by atoms with Crippen molar-refractivity contribution in [1.82, 2.24) is 0 Å². The first-order valence-corrected chi connectivity index (χ1v) is 8.81. The van der Waals surface area contributed by atoms with E-state index in [9.17, 15) is 4.89 Å². The maximum atomic E-state index is 9.79.